The molecule has 0 aromatic heterocycles. The van der Waals surface area contributed by atoms with E-state index in [1.807, 2.05) is 17.8 Å². The van der Waals surface area contributed by atoms with Crippen LogP contribution in [0.5, 0.6) is 0 Å². The average molecular weight is 308 g/mol. The molecule has 0 radical (unpaired) electrons. The van der Waals surface area contributed by atoms with Crippen LogP contribution < -0.4 is 5.32 Å². The number of hydrogen-bond donors (Lipinski definition) is 1. The summed E-state index contributed by atoms with van der Waals surface area (Å²) in [6, 6.07) is 6.89. The van der Waals surface area contributed by atoms with Crippen LogP contribution in [0.1, 0.15) is 43.7 Å². The fourth-order valence-electron chi connectivity index (χ4n) is 4.50. The van der Waals surface area contributed by atoms with Crippen LogP contribution in [0.4, 0.5) is 0 Å². The number of benzene rings is 1. The zero-order chi connectivity index (χ0) is 13.5. The number of nitrogens with one attached hydrogen (secondary N) is 1. The van der Waals surface area contributed by atoms with Crippen molar-refractivity contribution in [3.05, 3.63) is 28.8 Å². The Balaban J connectivity index is 1.44. The predicted molar refractivity (Wildman–Crippen MR) is 86.5 cm³/mol. The third-order valence-electron chi connectivity index (χ3n) is 5.52. The predicted octanol–water partition coefficient (Wildman–Crippen LogP) is 4.90. The van der Waals surface area contributed by atoms with Crippen LogP contribution in [0.15, 0.2) is 23.1 Å². The van der Waals surface area contributed by atoms with Gasteiger partial charge in [-0.25, -0.2) is 0 Å². The first-order chi connectivity index (χ1) is 9.79. The summed E-state index contributed by atoms with van der Waals surface area (Å²) in [5.41, 5.74) is 1.43. The highest BCUT2D eigenvalue weighted by Crippen LogP contribution is 2.48. The molecule has 1 aromatic rings. The molecular formula is C17H22ClNS. The Morgan fingerprint density at radius 3 is 2.95 bits per heavy atom. The van der Waals surface area contributed by atoms with Gasteiger partial charge in [0.15, 0.2) is 0 Å². The quantitative estimate of drug-likeness (QED) is 0.852. The zero-order valence-corrected chi connectivity index (χ0v) is 13.3. The summed E-state index contributed by atoms with van der Waals surface area (Å²) in [5, 5.41) is 4.73. The third-order valence-corrected chi connectivity index (χ3v) is 6.88. The number of hydrogen-bond acceptors (Lipinski definition) is 2. The maximum absolute atomic E-state index is 6.18. The lowest BCUT2D eigenvalue weighted by molar-refractivity contribution is 0.304. The molecule has 2 fully saturated rings. The third kappa shape index (κ3) is 2.51. The lowest BCUT2D eigenvalue weighted by Crippen LogP contribution is -2.31. The van der Waals surface area contributed by atoms with Crippen LogP contribution >= 0.6 is 23.4 Å². The van der Waals surface area contributed by atoms with Gasteiger partial charge >= 0.3 is 0 Å². The molecule has 1 nitrogen and oxygen atoms in total. The first-order valence-electron chi connectivity index (χ1n) is 7.95. The smallest absolute Gasteiger partial charge is 0.0410 e. The molecule has 3 heteroatoms. The summed E-state index contributed by atoms with van der Waals surface area (Å²) < 4.78 is 0. The first kappa shape index (κ1) is 13.5. The minimum absolute atomic E-state index is 0.518. The van der Waals surface area contributed by atoms with E-state index in [1.54, 1.807) is 0 Å². The highest BCUT2D eigenvalue weighted by molar-refractivity contribution is 7.99. The van der Waals surface area contributed by atoms with Gasteiger partial charge in [-0.15, -0.1) is 11.8 Å². The van der Waals surface area contributed by atoms with E-state index in [0.717, 1.165) is 22.8 Å². The molecule has 2 aliphatic carbocycles. The molecule has 4 rings (SSSR count). The Labute approximate surface area is 130 Å². The van der Waals surface area contributed by atoms with E-state index in [-0.39, 0.29) is 0 Å². The largest absolute Gasteiger partial charge is 0.310 e. The van der Waals surface area contributed by atoms with Gasteiger partial charge in [0.1, 0.15) is 0 Å². The van der Waals surface area contributed by atoms with Crippen molar-refractivity contribution in [2.45, 2.75) is 43.0 Å². The topological polar surface area (TPSA) is 12.0 Å². The van der Waals surface area contributed by atoms with Gasteiger partial charge in [-0.05, 0) is 79.5 Å². The van der Waals surface area contributed by atoms with Crippen molar-refractivity contribution in [3.63, 3.8) is 0 Å². The van der Waals surface area contributed by atoms with Crippen molar-refractivity contribution in [2.24, 2.45) is 17.8 Å². The molecule has 3 aliphatic rings. The monoisotopic (exact) mass is 307 g/mol. The number of halogens is 1. The van der Waals surface area contributed by atoms with E-state index in [2.05, 4.69) is 17.4 Å². The number of fused-ring (bicyclic) bond motifs is 3. The molecule has 1 aromatic carbocycles. The molecule has 20 heavy (non-hydrogen) atoms. The highest BCUT2D eigenvalue weighted by atomic mass is 35.5. The van der Waals surface area contributed by atoms with Crippen molar-refractivity contribution in [3.8, 4) is 0 Å². The molecule has 2 bridgehead atoms. The van der Waals surface area contributed by atoms with Crippen molar-refractivity contribution in [1.82, 2.24) is 5.32 Å². The lowest BCUT2D eigenvalue weighted by Gasteiger charge is -2.29. The van der Waals surface area contributed by atoms with Gasteiger partial charge in [0.05, 0.1) is 0 Å². The van der Waals surface area contributed by atoms with Crippen LogP contribution in [-0.4, -0.2) is 12.3 Å². The summed E-state index contributed by atoms with van der Waals surface area (Å²) in [7, 11) is 0. The van der Waals surface area contributed by atoms with Crippen molar-refractivity contribution in [2.75, 3.05) is 12.3 Å². The molecular weight excluding hydrogens is 286 g/mol. The van der Waals surface area contributed by atoms with Gasteiger partial charge in [0.25, 0.3) is 0 Å². The summed E-state index contributed by atoms with van der Waals surface area (Å²) in [6.07, 6.45) is 7.20. The summed E-state index contributed by atoms with van der Waals surface area (Å²) >= 11 is 8.16. The van der Waals surface area contributed by atoms with Crippen molar-refractivity contribution >= 4 is 23.4 Å². The Kier molecular flexibility index (Phi) is 3.74. The van der Waals surface area contributed by atoms with Crippen molar-refractivity contribution < 1.29 is 0 Å². The summed E-state index contributed by atoms with van der Waals surface area (Å²) in [5.74, 6) is 4.23. The van der Waals surface area contributed by atoms with Gasteiger partial charge < -0.3 is 5.32 Å². The molecule has 2 saturated carbocycles. The lowest BCUT2D eigenvalue weighted by atomic mass is 9.88. The Hall–Kier alpha value is -0.180. The van der Waals surface area contributed by atoms with Crippen molar-refractivity contribution in [1.29, 1.82) is 0 Å². The Bertz CT molecular complexity index is 504. The molecule has 0 spiro atoms. The molecule has 108 valence electrons. The fraction of sp³-hybridized carbons (Fsp3) is 0.647. The zero-order valence-electron chi connectivity index (χ0n) is 11.8. The van der Waals surface area contributed by atoms with E-state index < -0.39 is 0 Å². The normalized spacial score (nSPS) is 35.2. The fourth-order valence-corrected chi connectivity index (χ4v) is 5.78. The van der Waals surface area contributed by atoms with E-state index >= 15 is 0 Å². The van der Waals surface area contributed by atoms with Gasteiger partial charge in [-0.3, -0.25) is 0 Å². The van der Waals surface area contributed by atoms with Crippen LogP contribution in [0, 0.1) is 17.8 Å². The SMILES string of the molecule is Clc1ccc2c(c1)C(NCC1CC3CCC1C3)CCS2. The Morgan fingerprint density at radius 1 is 1.20 bits per heavy atom. The van der Waals surface area contributed by atoms with Crippen LogP contribution in [0.25, 0.3) is 0 Å². The maximum Gasteiger partial charge on any atom is 0.0410 e. The van der Waals surface area contributed by atoms with E-state index in [0.29, 0.717) is 6.04 Å². The van der Waals surface area contributed by atoms with E-state index in [1.165, 1.54) is 54.9 Å². The second-order valence-corrected chi connectivity index (χ2v) is 8.29. The standard InChI is InChI=1S/C17H22ClNS/c18-14-3-4-17-15(9-14)16(5-6-20-17)19-10-13-8-11-1-2-12(13)7-11/h3-4,9,11-13,16,19H,1-2,5-8,10H2. The second kappa shape index (κ2) is 5.55. The molecule has 0 saturated heterocycles. The molecule has 0 amide bonds. The summed E-state index contributed by atoms with van der Waals surface area (Å²) in [6.45, 7) is 1.21. The van der Waals surface area contributed by atoms with E-state index in [4.69, 9.17) is 11.6 Å². The minimum atomic E-state index is 0.518. The van der Waals surface area contributed by atoms with Gasteiger partial charge in [0, 0.05) is 16.0 Å². The highest BCUT2D eigenvalue weighted by Gasteiger charge is 2.39. The van der Waals surface area contributed by atoms with Gasteiger partial charge in [-0.1, -0.05) is 18.0 Å². The van der Waals surface area contributed by atoms with Gasteiger partial charge in [0.2, 0.25) is 0 Å². The molecule has 4 unspecified atom stereocenters. The number of rotatable bonds is 3. The molecule has 4 atom stereocenters. The first-order valence-corrected chi connectivity index (χ1v) is 9.31. The van der Waals surface area contributed by atoms with Gasteiger partial charge in [-0.2, -0.15) is 0 Å². The maximum atomic E-state index is 6.18. The molecule has 1 heterocycles. The summed E-state index contributed by atoms with van der Waals surface area (Å²) in [4.78, 5) is 1.42. The Morgan fingerprint density at radius 2 is 2.15 bits per heavy atom. The molecule has 1 N–H and O–H groups in total. The van der Waals surface area contributed by atoms with E-state index in [9.17, 15) is 0 Å². The van der Waals surface area contributed by atoms with Crippen LogP contribution in [0.2, 0.25) is 5.02 Å². The average Bonchev–Trinajstić information content (AvgIpc) is 3.07. The van der Waals surface area contributed by atoms with Crippen LogP contribution in [-0.2, 0) is 0 Å². The second-order valence-electron chi connectivity index (χ2n) is 6.72. The van der Waals surface area contributed by atoms with Crippen LogP contribution in [0.3, 0.4) is 0 Å². The minimum Gasteiger partial charge on any atom is -0.310 e. The number of thioether (sulfide) groups is 1. The molecule has 1 aliphatic heterocycles.